The number of hydrogen-bond donors (Lipinski definition) is 0. The molecule has 0 saturated heterocycles. The molecule has 4 nitrogen and oxygen atoms in total. The summed E-state index contributed by atoms with van der Waals surface area (Å²) < 4.78 is 16.1. The van der Waals surface area contributed by atoms with Crippen LogP contribution in [0, 0.1) is 0 Å². The molecule has 5 heteroatoms. The normalized spacial score (nSPS) is 18.7. The van der Waals surface area contributed by atoms with Crippen LogP contribution in [0.25, 0.3) is 0 Å². The third-order valence-electron chi connectivity index (χ3n) is 2.82. The Morgan fingerprint density at radius 2 is 2.21 bits per heavy atom. The molecule has 0 fully saturated rings. The maximum absolute atomic E-state index is 11.1. The monoisotopic (exact) mass is 282 g/mol. The first-order valence-electron chi connectivity index (χ1n) is 6.26. The quantitative estimate of drug-likeness (QED) is 0.776. The van der Waals surface area contributed by atoms with E-state index in [-0.39, 0.29) is 17.3 Å². The summed E-state index contributed by atoms with van der Waals surface area (Å²) in [6, 6.07) is 7.66. The van der Waals surface area contributed by atoms with Gasteiger partial charge in [-0.3, -0.25) is 4.79 Å². The molecule has 19 heavy (non-hydrogen) atoms. The van der Waals surface area contributed by atoms with Crippen molar-refractivity contribution in [2.75, 3.05) is 19.5 Å². The number of ether oxygens (including phenoxy) is 3. The van der Waals surface area contributed by atoms with E-state index >= 15 is 0 Å². The van der Waals surface area contributed by atoms with Crippen LogP contribution in [0.15, 0.2) is 24.3 Å². The highest BCUT2D eigenvalue weighted by Crippen LogP contribution is 2.32. The van der Waals surface area contributed by atoms with Crippen molar-refractivity contribution in [2.45, 2.75) is 24.7 Å². The number of fused-ring (bicyclic) bond motifs is 1. The van der Waals surface area contributed by atoms with Gasteiger partial charge >= 0.3 is 5.97 Å². The molecular formula is C14H18O4S. The lowest BCUT2D eigenvalue weighted by atomic mass is 10.3. The Hall–Kier alpha value is -1.36. The maximum Gasteiger partial charge on any atom is 0.306 e. The second-order valence-electron chi connectivity index (χ2n) is 4.42. The molecule has 1 aromatic carbocycles. The average molecular weight is 282 g/mol. The fraction of sp³-hybridized carbons (Fsp3) is 0.500. The molecule has 1 aliphatic heterocycles. The largest absolute Gasteiger partial charge is 0.486 e. The maximum atomic E-state index is 11.1. The molecule has 0 aliphatic carbocycles. The van der Waals surface area contributed by atoms with E-state index in [0.29, 0.717) is 13.0 Å². The molecule has 0 radical (unpaired) electrons. The molecule has 0 aromatic heterocycles. The van der Waals surface area contributed by atoms with Crippen molar-refractivity contribution in [1.29, 1.82) is 0 Å². The zero-order valence-corrected chi connectivity index (χ0v) is 11.9. The second-order valence-corrected chi connectivity index (χ2v) is 5.89. The summed E-state index contributed by atoms with van der Waals surface area (Å²) >= 11 is 1.70. The van der Waals surface area contributed by atoms with Crippen LogP contribution in [0.1, 0.15) is 13.3 Å². The Kier molecular flexibility index (Phi) is 4.96. The summed E-state index contributed by atoms with van der Waals surface area (Å²) in [6.45, 7) is 2.56. The van der Waals surface area contributed by atoms with Crippen molar-refractivity contribution in [1.82, 2.24) is 0 Å². The average Bonchev–Trinajstić information content (AvgIpc) is 2.44. The minimum Gasteiger partial charge on any atom is -0.486 e. The van der Waals surface area contributed by atoms with Crippen LogP contribution in [-0.2, 0) is 9.53 Å². The number of carbonyl (C=O) groups is 1. The molecule has 1 aliphatic rings. The van der Waals surface area contributed by atoms with Gasteiger partial charge in [0, 0.05) is 11.0 Å². The lowest BCUT2D eigenvalue weighted by Crippen LogP contribution is -2.31. The summed E-state index contributed by atoms with van der Waals surface area (Å²) in [5.41, 5.74) is 0. The molecule has 2 rings (SSSR count). The zero-order chi connectivity index (χ0) is 13.7. The molecule has 0 spiro atoms. The number of carbonyl (C=O) groups excluding carboxylic acids is 1. The minimum atomic E-state index is -0.175. The van der Waals surface area contributed by atoms with Gasteiger partial charge < -0.3 is 14.2 Å². The number of thioether (sulfide) groups is 1. The highest BCUT2D eigenvalue weighted by molar-refractivity contribution is 7.99. The van der Waals surface area contributed by atoms with Crippen LogP contribution in [0.5, 0.6) is 11.5 Å². The van der Waals surface area contributed by atoms with Crippen molar-refractivity contribution in [3.63, 3.8) is 0 Å². The van der Waals surface area contributed by atoms with E-state index in [1.165, 1.54) is 7.11 Å². The predicted octanol–water partition coefficient (Wildman–Crippen LogP) is 2.51. The van der Waals surface area contributed by atoms with Crippen molar-refractivity contribution in [3.05, 3.63) is 24.3 Å². The van der Waals surface area contributed by atoms with E-state index < -0.39 is 0 Å². The highest BCUT2D eigenvalue weighted by Gasteiger charge is 2.21. The molecule has 0 bridgehead atoms. The van der Waals surface area contributed by atoms with E-state index in [2.05, 4.69) is 4.74 Å². The molecule has 1 heterocycles. The predicted molar refractivity (Wildman–Crippen MR) is 74.9 cm³/mol. The van der Waals surface area contributed by atoms with Crippen LogP contribution < -0.4 is 9.47 Å². The lowest BCUT2D eigenvalue weighted by Gasteiger charge is -2.26. The van der Waals surface area contributed by atoms with Gasteiger partial charge in [-0.05, 0) is 12.1 Å². The van der Waals surface area contributed by atoms with Crippen molar-refractivity contribution >= 4 is 17.7 Å². The number of hydrogen-bond acceptors (Lipinski definition) is 5. The third-order valence-corrected chi connectivity index (χ3v) is 4.12. The summed E-state index contributed by atoms with van der Waals surface area (Å²) in [4.78, 5) is 11.1. The van der Waals surface area contributed by atoms with Crippen LogP contribution in [0.3, 0.4) is 0 Å². The fourth-order valence-corrected chi connectivity index (χ4v) is 2.76. The molecule has 2 atom stereocenters. The van der Waals surface area contributed by atoms with E-state index in [9.17, 15) is 4.79 Å². The second kappa shape index (κ2) is 6.70. The summed E-state index contributed by atoms with van der Waals surface area (Å²) in [5.74, 6) is 2.21. The van der Waals surface area contributed by atoms with Crippen LogP contribution in [-0.4, -0.2) is 36.8 Å². The van der Waals surface area contributed by atoms with E-state index in [1.54, 1.807) is 11.8 Å². The summed E-state index contributed by atoms with van der Waals surface area (Å²) in [6.07, 6.45) is 0.450. The fourth-order valence-electron chi connectivity index (χ4n) is 1.79. The van der Waals surface area contributed by atoms with Gasteiger partial charge in [0.15, 0.2) is 11.5 Å². The summed E-state index contributed by atoms with van der Waals surface area (Å²) in [5, 5.41) is 0.216. The van der Waals surface area contributed by atoms with Gasteiger partial charge in [-0.2, -0.15) is 11.8 Å². The Morgan fingerprint density at radius 1 is 1.47 bits per heavy atom. The Morgan fingerprint density at radius 3 is 2.95 bits per heavy atom. The van der Waals surface area contributed by atoms with Crippen LogP contribution in [0.2, 0.25) is 0 Å². The lowest BCUT2D eigenvalue weighted by molar-refractivity contribution is -0.140. The van der Waals surface area contributed by atoms with E-state index in [0.717, 1.165) is 17.3 Å². The Balaban J connectivity index is 1.78. The SMILES string of the molecule is COC(=O)CC(C)SCC1COc2ccccc2O1. The van der Waals surface area contributed by atoms with Crippen molar-refractivity contribution in [2.24, 2.45) is 0 Å². The van der Waals surface area contributed by atoms with Gasteiger partial charge in [0.2, 0.25) is 0 Å². The Labute approximate surface area is 117 Å². The first kappa shape index (κ1) is 14.1. The van der Waals surface area contributed by atoms with Gasteiger partial charge in [0.25, 0.3) is 0 Å². The molecule has 104 valence electrons. The van der Waals surface area contributed by atoms with E-state index in [1.807, 2.05) is 31.2 Å². The first-order valence-corrected chi connectivity index (χ1v) is 7.31. The van der Waals surface area contributed by atoms with Crippen molar-refractivity contribution < 1.29 is 19.0 Å². The molecular weight excluding hydrogens is 264 g/mol. The van der Waals surface area contributed by atoms with Gasteiger partial charge in [-0.15, -0.1) is 0 Å². The van der Waals surface area contributed by atoms with Gasteiger partial charge in [-0.1, -0.05) is 19.1 Å². The standard InChI is InChI=1S/C14H18O4S/c1-10(7-14(15)16-2)19-9-11-8-17-12-5-3-4-6-13(12)18-11/h3-6,10-11H,7-9H2,1-2H3. The number of rotatable bonds is 5. The summed E-state index contributed by atoms with van der Waals surface area (Å²) in [7, 11) is 1.41. The van der Waals surface area contributed by atoms with Gasteiger partial charge in [0.1, 0.15) is 12.7 Å². The van der Waals surface area contributed by atoms with Crippen LogP contribution in [0.4, 0.5) is 0 Å². The topological polar surface area (TPSA) is 44.8 Å². The van der Waals surface area contributed by atoms with Gasteiger partial charge in [0.05, 0.1) is 13.5 Å². The van der Waals surface area contributed by atoms with E-state index in [4.69, 9.17) is 9.47 Å². The van der Waals surface area contributed by atoms with Gasteiger partial charge in [-0.25, -0.2) is 0 Å². The molecule has 0 N–H and O–H groups in total. The number of methoxy groups -OCH3 is 1. The molecule has 0 saturated carbocycles. The molecule has 1 aromatic rings. The highest BCUT2D eigenvalue weighted by atomic mass is 32.2. The smallest absolute Gasteiger partial charge is 0.306 e. The number of para-hydroxylation sites is 2. The molecule has 2 unspecified atom stereocenters. The number of benzene rings is 1. The minimum absolute atomic E-state index is 0.0278. The third kappa shape index (κ3) is 4.06. The van der Waals surface area contributed by atoms with Crippen molar-refractivity contribution in [3.8, 4) is 11.5 Å². The van der Waals surface area contributed by atoms with Crippen LogP contribution >= 0.6 is 11.8 Å². The molecule has 0 amide bonds. The zero-order valence-electron chi connectivity index (χ0n) is 11.1. The Bertz CT molecular complexity index is 435. The first-order chi connectivity index (χ1) is 9.19. The number of esters is 1.